The zero-order valence-electron chi connectivity index (χ0n) is 13.3. The molecule has 0 N–H and O–H groups in total. The standard InChI is InChI=1S/C19H8Cl6N2/c20-9-5-12(18(24)14(22)7-9)11-1-2-16(27-17(11)3-4-26)13-6-10(21)8-15(23)19(13)25/h1-2,5-8H,3H2. The quantitative estimate of drug-likeness (QED) is 0.356. The number of hydrogen-bond donors (Lipinski definition) is 0. The molecule has 0 aliphatic heterocycles. The Labute approximate surface area is 186 Å². The van der Waals surface area contributed by atoms with Crippen LogP contribution in [0.4, 0.5) is 0 Å². The van der Waals surface area contributed by atoms with Crippen molar-refractivity contribution in [3.8, 4) is 28.5 Å². The van der Waals surface area contributed by atoms with Gasteiger partial charge in [-0.25, -0.2) is 0 Å². The summed E-state index contributed by atoms with van der Waals surface area (Å²) in [5.41, 5.74) is 2.84. The van der Waals surface area contributed by atoms with Crippen molar-refractivity contribution in [3.63, 3.8) is 0 Å². The van der Waals surface area contributed by atoms with E-state index in [4.69, 9.17) is 69.6 Å². The number of aromatic nitrogens is 1. The van der Waals surface area contributed by atoms with Crippen molar-refractivity contribution in [3.05, 3.63) is 72.2 Å². The first-order chi connectivity index (χ1) is 12.8. The van der Waals surface area contributed by atoms with E-state index in [-0.39, 0.29) is 6.42 Å². The molecular weight excluding hydrogens is 469 g/mol. The lowest BCUT2D eigenvalue weighted by molar-refractivity contribution is 1.12. The van der Waals surface area contributed by atoms with E-state index in [2.05, 4.69) is 11.1 Å². The van der Waals surface area contributed by atoms with Crippen molar-refractivity contribution in [1.82, 2.24) is 4.98 Å². The Balaban J connectivity index is 2.23. The van der Waals surface area contributed by atoms with E-state index in [1.165, 1.54) is 0 Å². The average Bonchev–Trinajstić information content (AvgIpc) is 2.61. The van der Waals surface area contributed by atoms with Gasteiger partial charge in [0, 0.05) is 26.7 Å². The summed E-state index contributed by atoms with van der Waals surface area (Å²) in [6.45, 7) is 0. The SMILES string of the molecule is N#CCc1nc(-c2cc(Cl)cc(Cl)c2Cl)ccc1-c1cc(Cl)cc(Cl)c1Cl. The molecule has 8 heteroatoms. The molecule has 0 unspecified atom stereocenters. The lowest BCUT2D eigenvalue weighted by Crippen LogP contribution is -1.97. The first-order valence-electron chi connectivity index (χ1n) is 7.48. The molecule has 0 fully saturated rings. The topological polar surface area (TPSA) is 36.7 Å². The summed E-state index contributed by atoms with van der Waals surface area (Å²) in [6, 6.07) is 12.1. The zero-order valence-corrected chi connectivity index (χ0v) is 17.9. The van der Waals surface area contributed by atoms with Crippen molar-refractivity contribution >= 4 is 69.6 Å². The van der Waals surface area contributed by atoms with Crippen molar-refractivity contribution in [1.29, 1.82) is 5.26 Å². The normalized spacial score (nSPS) is 10.7. The van der Waals surface area contributed by atoms with Gasteiger partial charge in [-0.2, -0.15) is 5.26 Å². The minimum absolute atomic E-state index is 0.0511. The summed E-state index contributed by atoms with van der Waals surface area (Å²) in [6.07, 6.45) is 0.0511. The predicted octanol–water partition coefficient (Wildman–Crippen LogP) is 8.40. The molecule has 3 rings (SSSR count). The van der Waals surface area contributed by atoms with E-state index < -0.39 is 0 Å². The van der Waals surface area contributed by atoms with Crippen LogP contribution in [0.3, 0.4) is 0 Å². The molecule has 0 atom stereocenters. The third kappa shape index (κ3) is 4.30. The van der Waals surface area contributed by atoms with Crippen molar-refractivity contribution in [2.45, 2.75) is 6.42 Å². The lowest BCUT2D eigenvalue weighted by Gasteiger charge is -2.13. The lowest BCUT2D eigenvalue weighted by atomic mass is 10.0. The van der Waals surface area contributed by atoms with Gasteiger partial charge in [-0.15, -0.1) is 0 Å². The first-order valence-corrected chi connectivity index (χ1v) is 9.75. The highest BCUT2D eigenvalue weighted by molar-refractivity contribution is 6.45. The van der Waals surface area contributed by atoms with Crippen LogP contribution in [0.5, 0.6) is 0 Å². The van der Waals surface area contributed by atoms with Gasteiger partial charge >= 0.3 is 0 Å². The number of nitriles is 1. The van der Waals surface area contributed by atoms with Crippen LogP contribution in [-0.2, 0) is 6.42 Å². The molecule has 0 saturated carbocycles. The van der Waals surface area contributed by atoms with E-state index >= 15 is 0 Å². The fourth-order valence-corrected chi connectivity index (χ4v) is 4.00. The number of pyridine rings is 1. The molecule has 2 aromatic carbocycles. The maximum absolute atomic E-state index is 9.23. The second-order valence-electron chi connectivity index (χ2n) is 5.52. The molecule has 0 aliphatic rings. The molecule has 3 aromatic rings. The molecule has 1 heterocycles. The van der Waals surface area contributed by atoms with Crippen LogP contribution < -0.4 is 0 Å². The smallest absolute Gasteiger partial charge is 0.0781 e. The number of hydrogen-bond acceptors (Lipinski definition) is 2. The van der Waals surface area contributed by atoms with Gasteiger partial charge in [0.05, 0.1) is 44.0 Å². The highest BCUT2D eigenvalue weighted by Gasteiger charge is 2.17. The van der Waals surface area contributed by atoms with Gasteiger partial charge in [-0.1, -0.05) is 75.7 Å². The summed E-state index contributed by atoms with van der Waals surface area (Å²) >= 11 is 37.1. The monoisotopic (exact) mass is 474 g/mol. The second-order valence-corrected chi connectivity index (χ2v) is 7.97. The highest BCUT2D eigenvalue weighted by atomic mass is 35.5. The second kappa shape index (κ2) is 8.45. The molecule has 0 saturated heterocycles. The minimum Gasteiger partial charge on any atom is -0.251 e. The van der Waals surface area contributed by atoms with Crippen molar-refractivity contribution < 1.29 is 0 Å². The van der Waals surface area contributed by atoms with Crippen LogP contribution in [-0.4, -0.2) is 4.98 Å². The maximum Gasteiger partial charge on any atom is 0.0781 e. The van der Waals surface area contributed by atoms with Gasteiger partial charge in [-0.05, 0) is 30.3 Å². The van der Waals surface area contributed by atoms with Crippen LogP contribution in [0.1, 0.15) is 5.69 Å². The number of halogens is 6. The van der Waals surface area contributed by atoms with Crippen molar-refractivity contribution in [2.24, 2.45) is 0 Å². The summed E-state index contributed by atoms with van der Waals surface area (Å²) in [5, 5.41) is 11.4. The van der Waals surface area contributed by atoms with Gasteiger partial charge in [0.25, 0.3) is 0 Å². The predicted molar refractivity (Wildman–Crippen MR) is 114 cm³/mol. The van der Waals surface area contributed by atoms with Crippen LogP contribution in [0.15, 0.2) is 36.4 Å². The van der Waals surface area contributed by atoms with Crippen molar-refractivity contribution in [2.75, 3.05) is 0 Å². The molecule has 0 bridgehead atoms. The van der Waals surface area contributed by atoms with E-state index in [0.717, 1.165) is 0 Å². The fourth-order valence-electron chi connectivity index (χ4n) is 2.60. The summed E-state index contributed by atoms with van der Waals surface area (Å²) in [7, 11) is 0. The number of benzene rings is 2. The Bertz CT molecular complexity index is 1090. The molecule has 0 amide bonds. The largest absolute Gasteiger partial charge is 0.251 e. The van der Waals surface area contributed by atoms with E-state index in [9.17, 15) is 5.26 Å². The third-order valence-corrected chi connectivity index (χ3v) is 5.81. The summed E-state index contributed by atoms with van der Waals surface area (Å²) in [5.74, 6) is 0. The molecule has 27 heavy (non-hydrogen) atoms. The van der Waals surface area contributed by atoms with Gasteiger partial charge < -0.3 is 0 Å². The molecular formula is C19H8Cl6N2. The number of nitrogens with zero attached hydrogens (tertiary/aromatic N) is 2. The summed E-state index contributed by atoms with van der Waals surface area (Å²) < 4.78 is 0. The van der Waals surface area contributed by atoms with Gasteiger partial charge in [0.15, 0.2) is 0 Å². The maximum atomic E-state index is 9.23. The Hall–Kier alpha value is -1.18. The fraction of sp³-hybridized carbons (Fsp3) is 0.0526. The van der Waals surface area contributed by atoms with Crippen LogP contribution in [0.25, 0.3) is 22.4 Å². The molecule has 2 nitrogen and oxygen atoms in total. The Morgan fingerprint density at radius 1 is 0.741 bits per heavy atom. The molecule has 1 aromatic heterocycles. The van der Waals surface area contributed by atoms with E-state index in [1.54, 1.807) is 36.4 Å². The van der Waals surface area contributed by atoms with Gasteiger partial charge in [0.1, 0.15) is 0 Å². The van der Waals surface area contributed by atoms with E-state index in [0.29, 0.717) is 58.2 Å². The molecule has 0 spiro atoms. The molecule has 0 radical (unpaired) electrons. The van der Waals surface area contributed by atoms with Crippen LogP contribution in [0.2, 0.25) is 30.1 Å². The third-order valence-electron chi connectivity index (χ3n) is 3.77. The van der Waals surface area contributed by atoms with Gasteiger partial charge in [0.2, 0.25) is 0 Å². The Morgan fingerprint density at radius 3 is 1.89 bits per heavy atom. The van der Waals surface area contributed by atoms with Gasteiger partial charge in [-0.3, -0.25) is 4.98 Å². The van der Waals surface area contributed by atoms with Crippen LogP contribution in [0, 0.1) is 11.3 Å². The molecule has 0 aliphatic carbocycles. The zero-order chi connectivity index (χ0) is 19.7. The van der Waals surface area contributed by atoms with Crippen LogP contribution >= 0.6 is 69.6 Å². The summed E-state index contributed by atoms with van der Waals surface area (Å²) in [4.78, 5) is 4.58. The first kappa shape index (κ1) is 20.6. The molecule has 136 valence electrons. The average molecular weight is 477 g/mol. The number of rotatable bonds is 3. The van der Waals surface area contributed by atoms with E-state index in [1.807, 2.05) is 0 Å². The highest BCUT2D eigenvalue weighted by Crippen LogP contribution is 2.40. The Morgan fingerprint density at radius 2 is 1.30 bits per heavy atom. The Kier molecular flexibility index (Phi) is 6.43. The minimum atomic E-state index is 0.0511.